The average Bonchev–Trinajstić information content (AvgIpc) is 3.04. The number of nitrogens with one attached hydrogen (secondary N) is 1. The number of imidazole rings is 1. The Kier molecular flexibility index (Phi) is 4.24. The van der Waals surface area contributed by atoms with Crippen molar-refractivity contribution in [2.24, 2.45) is 0 Å². The minimum Gasteiger partial charge on any atom is -0.369 e. The summed E-state index contributed by atoms with van der Waals surface area (Å²) >= 11 is 0. The van der Waals surface area contributed by atoms with Crippen molar-refractivity contribution in [3.63, 3.8) is 0 Å². The van der Waals surface area contributed by atoms with Crippen molar-refractivity contribution in [2.75, 3.05) is 31.1 Å². The molecular formula is C20H23N5. The third-order valence-electron chi connectivity index (χ3n) is 4.57. The molecule has 0 unspecified atom stereocenters. The van der Waals surface area contributed by atoms with Crippen LogP contribution in [0.25, 0.3) is 17.8 Å². The first-order valence-electron chi connectivity index (χ1n) is 8.76. The fraction of sp³-hybridized carbons (Fsp3) is 0.300. The highest BCUT2D eigenvalue weighted by Gasteiger charge is 2.09. The predicted octanol–water partition coefficient (Wildman–Crippen LogP) is 2.93. The van der Waals surface area contributed by atoms with Crippen LogP contribution in [-0.2, 0) is 0 Å². The highest BCUT2D eigenvalue weighted by molar-refractivity contribution is 5.70. The van der Waals surface area contributed by atoms with E-state index in [1.807, 2.05) is 30.6 Å². The maximum atomic E-state index is 4.66. The first-order valence-corrected chi connectivity index (χ1v) is 8.76. The molecule has 0 spiro atoms. The smallest absolute Gasteiger partial charge is 0.158 e. The van der Waals surface area contributed by atoms with Gasteiger partial charge in [0.25, 0.3) is 0 Å². The van der Waals surface area contributed by atoms with Gasteiger partial charge < -0.3 is 14.6 Å². The number of piperazine rings is 1. The molecule has 3 heterocycles. The normalized spacial score (nSPS) is 15.4. The summed E-state index contributed by atoms with van der Waals surface area (Å²) in [4.78, 5) is 11.5. The van der Waals surface area contributed by atoms with Crippen LogP contribution >= 0.6 is 0 Å². The van der Waals surface area contributed by atoms with E-state index in [0.29, 0.717) is 0 Å². The van der Waals surface area contributed by atoms with Crippen LogP contribution < -0.4 is 10.2 Å². The van der Waals surface area contributed by atoms with Gasteiger partial charge in [-0.25, -0.2) is 4.98 Å². The number of hydrogen-bond donors (Lipinski definition) is 1. The van der Waals surface area contributed by atoms with E-state index in [1.165, 1.54) is 11.3 Å². The maximum absolute atomic E-state index is 4.66. The number of anilines is 1. The molecule has 1 N–H and O–H groups in total. The largest absolute Gasteiger partial charge is 0.369 e. The fourth-order valence-corrected chi connectivity index (χ4v) is 3.30. The minimum absolute atomic E-state index is 0.916. The van der Waals surface area contributed by atoms with E-state index < -0.39 is 0 Å². The molecule has 0 radical (unpaired) electrons. The summed E-state index contributed by atoms with van der Waals surface area (Å²) in [6, 6.07) is 8.74. The van der Waals surface area contributed by atoms with Gasteiger partial charge in [-0.2, -0.15) is 0 Å². The zero-order chi connectivity index (χ0) is 17.2. The van der Waals surface area contributed by atoms with Gasteiger partial charge in [0, 0.05) is 44.3 Å². The molecule has 5 heteroatoms. The molecule has 1 saturated heterocycles. The molecule has 4 rings (SSSR count). The molecule has 1 aromatic carbocycles. The Morgan fingerprint density at radius 2 is 1.72 bits per heavy atom. The Balaban J connectivity index is 1.52. The summed E-state index contributed by atoms with van der Waals surface area (Å²) in [5, 5.41) is 3.39. The topological polar surface area (TPSA) is 45.5 Å². The van der Waals surface area contributed by atoms with Gasteiger partial charge >= 0.3 is 0 Å². The number of nitrogens with zero attached hydrogens (tertiary/aromatic N) is 4. The van der Waals surface area contributed by atoms with Crippen molar-refractivity contribution in [2.45, 2.75) is 13.8 Å². The van der Waals surface area contributed by atoms with Gasteiger partial charge in [0.1, 0.15) is 0 Å². The Morgan fingerprint density at radius 1 is 0.960 bits per heavy atom. The van der Waals surface area contributed by atoms with Crippen LogP contribution in [0, 0.1) is 13.8 Å². The second-order valence-electron chi connectivity index (χ2n) is 6.53. The highest BCUT2D eigenvalue weighted by Crippen LogP contribution is 2.18. The molecule has 0 aliphatic carbocycles. The molecular weight excluding hydrogens is 310 g/mol. The second kappa shape index (κ2) is 6.69. The third-order valence-corrected chi connectivity index (χ3v) is 4.57. The van der Waals surface area contributed by atoms with E-state index in [4.69, 9.17) is 0 Å². The molecule has 1 aliphatic rings. The van der Waals surface area contributed by atoms with Crippen molar-refractivity contribution in [1.82, 2.24) is 19.7 Å². The second-order valence-corrected chi connectivity index (χ2v) is 6.53. The number of aryl methyl sites for hydroxylation is 2. The molecule has 2 aromatic heterocycles. The predicted molar refractivity (Wildman–Crippen MR) is 103 cm³/mol. The maximum Gasteiger partial charge on any atom is 0.158 e. The number of rotatable bonds is 3. The summed E-state index contributed by atoms with van der Waals surface area (Å²) in [7, 11) is 0. The average molecular weight is 333 g/mol. The van der Waals surface area contributed by atoms with Crippen LogP contribution in [0.5, 0.6) is 0 Å². The Morgan fingerprint density at radius 3 is 2.48 bits per heavy atom. The first kappa shape index (κ1) is 15.8. The van der Waals surface area contributed by atoms with Crippen LogP contribution in [0.4, 0.5) is 5.69 Å². The van der Waals surface area contributed by atoms with Gasteiger partial charge in [0.05, 0.1) is 17.1 Å². The molecule has 1 fully saturated rings. The van der Waals surface area contributed by atoms with Crippen molar-refractivity contribution < 1.29 is 0 Å². The van der Waals surface area contributed by atoms with Gasteiger partial charge in [0.2, 0.25) is 0 Å². The lowest BCUT2D eigenvalue weighted by Crippen LogP contribution is -2.43. The van der Waals surface area contributed by atoms with Crippen LogP contribution in [-0.4, -0.2) is 40.5 Å². The van der Waals surface area contributed by atoms with Crippen molar-refractivity contribution in [3.05, 3.63) is 59.3 Å². The van der Waals surface area contributed by atoms with Crippen molar-refractivity contribution in [3.8, 4) is 0 Å². The standard InChI is InChI=1S/C20H23N5/c1-15-13-25-14-18(23-20(25)16(2)22-15)6-3-17-4-7-19(8-5-17)24-11-9-21-10-12-24/h3-8,13-14,21H,9-12H2,1-2H3/b6-3+. The van der Waals surface area contributed by atoms with Gasteiger partial charge in [-0.05, 0) is 37.6 Å². The summed E-state index contributed by atoms with van der Waals surface area (Å²) in [6.45, 7) is 8.26. The first-order chi connectivity index (χ1) is 12.2. The molecule has 1 aliphatic heterocycles. The zero-order valence-electron chi connectivity index (χ0n) is 14.7. The van der Waals surface area contributed by atoms with E-state index in [9.17, 15) is 0 Å². The van der Waals surface area contributed by atoms with E-state index in [2.05, 4.69) is 56.6 Å². The van der Waals surface area contributed by atoms with Gasteiger partial charge in [0.15, 0.2) is 5.65 Å². The van der Waals surface area contributed by atoms with Gasteiger partial charge in [-0.1, -0.05) is 18.2 Å². The summed E-state index contributed by atoms with van der Waals surface area (Å²) in [5.74, 6) is 0. The number of fused-ring (bicyclic) bond motifs is 1. The monoisotopic (exact) mass is 333 g/mol. The lowest BCUT2D eigenvalue weighted by atomic mass is 10.1. The highest BCUT2D eigenvalue weighted by atomic mass is 15.2. The van der Waals surface area contributed by atoms with E-state index >= 15 is 0 Å². The Labute approximate surface area is 148 Å². The van der Waals surface area contributed by atoms with E-state index in [-0.39, 0.29) is 0 Å². The molecule has 128 valence electrons. The van der Waals surface area contributed by atoms with Crippen LogP contribution in [0.3, 0.4) is 0 Å². The van der Waals surface area contributed by atoms with E-state index in [1.54, 1.807) is 0 Å². The van der Waals surface area contributed by atoms with Crippen molar-refractivity contribution >= 4 is 23.5 Å². The van der Waals surface area contributed by atoms with Crippen LogP contribution in [0.1, 0.15) is 22.6 Å². The van der Waals surface area contributed by atoms with Crippen LogP contribution in [0.15, 0.2) is 36.7 Å². The lowest BCUT2D eigenvalue weighted by Gasteiger charge is -2.29. The molecule has 5 nitrogen and oxygen atoms in total. The Bertz CT molecular complexity index is 902. The lowest BCUT2D eigenvalue weighted by molar-refractivity contribution is 0.589. The van der Waals surface area contributed by atoms with E-state index in [0.717, 1.165) is 48.9 Å². The number of aromatic nitrogens is 3. The molecule has 0 amide bonds. The van der Waals surface area contributed by atoms with Gasteiger partial charge in [-0.3, -0.25) is 4.98 Å². The summed E-state index contributed by atoms with van der Waals surface area (Å²) in [6.07, 6.45) is 8.22. The molecule has 0 atom stereocenters. The van der Waals surface area contributed by atoms with Gasteiger partial charge in [-0.15, -0.1) is 0 Å². The summed E-state index contributed by atoms with van der Waals surface area (Å²) < 4.78 is 2.05. The van der Waals surface area contributed by atoms with Crippen LogP contribution in [0.2, 0.25) is 0 Å². The minimum atomic E-state index is 0.916. The van der Waals surface area contributed by atoms with Crippen molar-refractivity contribution in [1.29, 1.82) is 0 Å². The molecule has 0 saturated carbocycles. The third kappa shape index (κ3) is 3.42. The molecule has 25 heavy (non-hydrogen) atoms. The Hall–Kier alpha value is -2.66. The number of benzene rings is 1. The quantitative estimate of drug-likeness (QED) is 0.800. The SMILES string of the molecule is Cc1cn2cc(/C=C/c3ccc(N4CCNCC4)cc3)nc2c(C)n1. The molecule has 0 bridgehead atoms. The molecule has 3 aromatic rings. The summed E-state index contributed by atoms with van der Waals surface area (Å²) in [5.41, 5.74) is 6.30. The number of hydrogen-bond acceptors (Lipinski definition) is 4. The fourth-order valence-electron chi connectivity index (χ4n) is 3.30. The zero-order valence-corrected chi connectivity index (χ0v) is 14.7.